The molecule has 0 bridgehead atoms. The molecule has 3 unspecified atom stereocenters. The second-order valence-electron chi connectivity index (χ2n) is 32.8. The molecule has 0 N–H and O–H groups in total. The van der Waals surface area contributed by atoms with Crippen LogP contribution in [0.1, 0.15) is 193 Å². The Balaban J connectivity index is 0.000000213. The van der Waals surface area contributed by atoms with E-state index < -0.39 is 4.75 Å². The van der Waals surface area contributed by atoms with Gasteiger partial charge in [-0.3, -0.25) is 0 Å². The van der Waals surface area contributed by atoms with Crippen molar-refractivity contribution >= 4 is 227 Å². The van der Waals surface area contributed by atoms with Crippen LogP contribution >= 0.6 is 227 Å². The molecule has 139 heavy (non-hydrogen) atoms. The maximum atomic E-state index is 6.44. The van der Waals surface area contributed by atoms with Crippen LogP contribution in [0.3, 0.4) is 0 Å². The summed E-state index contributed by atoms with van der Waals surface area (Å²) in [4.78, 5) is 0. The van der Waals surface area contributed by atoms with Gasteiger partial charge in [-0.15, -0.1) is 0 Å². The van der Waals surface area contributed by atoms with Crippen molar-refractivity contribution in [3.63, 3.8) is 0 Å². The summed E-state index contributed by atoms with van der Waals surface area (Å²) >= 11 is 10.6. The molecule has 16 rings (SSSR count). The van der Waals surface area contributed by atoms with Crippen LogP contribution in [0.5, 0.6) is 0 Å². The van der Waals surface area contributed by atoms with Crippen molar-refractivity contribution in [1.29, 1.82) is 0 Å². The van der Waals surface area contributed by atoms with Crippen molar-refractivity contribution < 1.29 is 0 Å². The van der Waals surface area contributed by atoms with Gasteiger partial charge in [0.25, 0.3) is 0 Å². The fourth-order valence-electron chi connectivity index (χ4n) is 14.2. The highest BCUT2D eigenvalue weighted by molar-refractivity contribution is 9.50. The van der Waals surface area contributed by atoms with Crippen molar-refractivity contribution in [3.05, 3.63) is 574 Å². The molecule has 0 aromatic heterocycles. The summed E-state index contributed by atoms with van der Waals surface area (Å²) in [6.07, 6.45) is 4.89. The molecular formula is C119H120Br3Cl7S10. The van der Waals surface area contributed by atoms with Crippen LogP contribution in [0.2, 0.25) is 0 Å². The molecule has 0 saturated carbocycles. The number of rotatable bonds is 30. The van der Waals surface area contributed by atoms with E-state index in [4.69, 9.17) is 74.8 Å². The Kier molecular flexibility index (Phi) is 59.6. The number of benzene rings is 16. The third kappa shape index (κ3) is 39.7. The largest absolute Gasteiger partial charge is 0.106 e. The number of halogens is 10. The first kappa shape index (κ1) is 120. The Hall–Kier alpha value is -5.51. The standard InChI is InChI=1S/C19H15BrS.C19H15ClS.C14H13ClS.C13H11ClS.C11H15BrS.C10H13ClS.C9H11BrS.C9H11ClS.C8H9ClS.C7H7ClS/c2*20-21-19(16-10-4-1-5-11-16,17-12-6-2-7-13-17)18-14-8-3-9-15-18;1-14(16-15,12-8-4-2-5-9-12)13-10-6-3-7-11-13;14-15-13(11-7-3-1-4-8-11)12-9-5-2-6-10-12;1-2-3-9-11(13-12)10-7-5-4-6-8-10;1-3-10(2,12-11)9-7-5-4-6-8-9;2*1-9(2,11-10)8-6-4-3-5-7-8;1-7(10-9)8-5-3-2-4-6-8;8-9-6-7-4-2-1-3-5-7/h2*1-15H;2-11H,1H3;1-10,13H;4-8,11H,2-3,9H2,1H3;4-8H,3H2,1-2H3;2*3-7H,1-2H3;2-7H,1H3;1-5H,6H2. The highest BCUT2D eigenvalue weighted by Gasteiger charge is 2.38. The normalized spacial score (nSPS) is 11.8. The molecule has 0 aliphatic carbocycles. The molecule has 0 amide bonds. The van der Waals surface area contributed by atoms with Gasteiger partial charge in [-0.2, -0.15) is 0 Å². The highest BCUT2D eigenvalue weighted by Crippen LogP contribution is 2.53. The van der Waals surface area contributed by atoms with Gasteiger partial charge in [-0.1, -0.05) is 554 Å². The maximum absolute atomic E-state index is 6.44. The minimum absolute atomic E-state index is 0.0167. The second kappa shape index (κ2) is 68.8. The number of unbranched alkanes of at least 4 members (excludes halogenated alkanes) is 1. The molecule has 726 valence electrons. The minimum atomic E-state index is -0.397. The summed E-state index contributed by atoms with van der Waals surface area (Å²) in [5.74, 6) is 0.891. The van der Waals surface area contributed by atoms with E-state index in [0.29, 0.717) is 10.5 Å². The molecule has 0 fully saturated rings. The van der Waals surface area contributed by atoms with Gasteiger partial charge < -0.3 is 0 Å². The van der Waals surface area contributed by atoms with E-state index >= 15 is 0 Å². The summed E-state index contributed by atoms with van der Waals surface area (Å²) in [6.45, 7) is 19.4. The van der Waals surface area contributed by atoms with Crippen LogP contribution in [0.25, 0.3) is 0 Å². The topological polar surface area (TPSA) is 0 Å². The van der Waals surface area contributed by atoms with Gasteiger partial charge in [0.1, 0.15) is 9.49 Å². The molecule has 16 aromatic carbocycles. The smallest absolute Gasteiger partial charge is 0.0753 e. The predicted molar refractivity (Wildman–Crippen MR) is 653 cm³/mol. The summed E-state index contributed by atoms with van der Waals surface area (Å²) in [5, 5.41) is 1.22. The fourth-order valence-corrected chi connectivity index (χ4v) is 25.4. The lowest BCUT2D eigenvalue weighted by Gasteiger charge is -2.33. The zero-order valence-corrected chi connectivity index (χ0v) is 97.5. The lowest BCUT2D eigenvalue weighted by atomic mass is 9.84. The van der Waals surface area contributed by atoms with E-state index in [-0.39, 0.29) is 29.0 Å². The van der Waals surface area contributed by atoms with Crippen molar-refractivity contribution in [2.45, 2.75) is 138 Å². The Morgan fingerprint density at radius 1 is 0.259 bits per heavy atom. The van der Waals surface area contributed by atoms with Gasteiger partial charge in [0.15, 0.2) is 0 Å². The van der Waals surface area contributed by atoms with Crippen LogP contribution in [0, 0.1) is 0 Å². The fraction of sp³-hybridized carbons (Fsp3) is 0.193. The minimum Gasteiger partial charge on any atom is -0.0753 e. The molecule has 20 heteroatoms. The summed E-state index contributed by atoms with van der Waals surface area (Å²) in [7, 11) is 55.8. The van der Waals surface area contributed by atoms with Gasteiger partial charge in [0, 0.05) is 21.0 Å². The molecule has 0 aliphatic rings. The van der Waals surface area contributed by atoms with Crippen LogP contribution < -0.4 is 0 Å². The molecule has 0 saturated heterocycles. The molecular weight excluding hydrogens is 2240 g/mol. The van der Waals surface area contributed by atoms with E-state index in [1.807, 2.05) is 158 Å². The molecule has 0 radical (unpaired) electrons. The van der Waals surface area contributed by atoms with Gasteiger partial charge in [-0.25, -0.2) is 0 Å². The third-order valence-corrected chi connectivity index (χ3v) is 40.4. The number of hydrogen-bond donors (Lipinski definition) is 0. The van der Waals surface area contributed by atoms with Crippen molar-refractivity contribution in [3.8, 4) is 0 Å². The van der Waals surface area contributed by atoms with Gasteiger partial charge in [0.05, 0.1) is 19.5 Å². The van der Waals surface area contributed by atoms with E-state index in [0.717, 1.165) is 12.2 Å². The molecule has 16 aromatic rings. The van der Waals surface area contributed by atoms with Crippen LogP contribution in [0.4, 0.5) is 0 Å². The first-order valence-corrected chi connectivity index (χ1v) is 65.2. The van der Waals surface area contributed by atoms with E-state index in [1.165, 1.54) is 185 Å². The maximum Gasteiger partial charge on any atom is 0.106 e. The Morgan fingerprint density at radius 2 is 0.525 bits per heavy atom. The van der Waals surface area contributed by atoms with Crippen LogP contribution in [-0.4, -0.2) is 0 Å². The highest BCUT2D eigenvalue weighted by atomic mass is 79.9. The molecule has 3 atom stereocenters. The quantitative estimate of drug-likeness (QED) is 0.0398. The van der Waals surface area contributed by atoms with Crippen LogP contribution in [0.15, 0.2) is 485 Å². The summed E-state index contributed by atoms with van der Waals surface area (Å²) in [6, 6.07) is 167. The Morgan fingerprint density at radius 3 is 0.770 bits per heavy atom. The Labute approximate surface area is 927 Å². The predicted octanol–water partition coefficient (Wildman–Crippen LogP) is 45.0. The zero-order valence-electron chi connectivity index (χ0n) is 79.3. The SMILES string of the molecule is BrSC(c1ccccc1)(c1ccccc1)c1ccccc1.CC(C)(SBr)c1ccccc1.CC(C)(SCl)c1ccccc1.CC(SCl)(c1ccccc1)c1ccccc1.CC(SCl)c1ccccc1.CCC(C)(SCl)c1ccccc1.CCCCC(SBr)c1ccccc1.ClSC(c1ccccc1)(c1ccccc1)c1ccccc1.ClSC(c1ccccc1)c1ccccc1.ClSCc1ccccc1. The van der Waals surface area contributed by atoms with Gasteiger partial charge in [0.2, 0.25) is 0 Å². The second-order valence-corrected chi connectivity index (χ2v) is 48.1. The average molecular weight is 2360 g/mol. The van der Waals surface area contributed by atoms with Crippen LogP contribution in [-0.2, 0) is 34.2 Å². The monoisotopic (exact) mass is 2350 g/mol. The molecule has 0 heterocycles. The number of hydrogen-bond acceptors (Lipinski definition) is 10. The van der Waals surface area contributed by atoms with E-state index in [2.05, 4.69) is 434 Å². The van der Waals surface area contributed by atoms with Crippen molar-refractivity contribution in [2.24, 2.45) is 0 Å². The Bertz CT molecular complexity index is 5300. The van der Waals surface area contributed by atoms with Gasteiger partial charge in [-0.05, 0) is 335 Å². The average Bonchev–Trinajstić information content (AvgIpc) is 0.762. The third-order valence-electron chi connectivity index (χ3n) is 22.5. The first-order chi connectivity index (χ1) is 67.7. The molecule has 0 nitrogen and oxygen atoms in total. The lowest BCUT2D eigenvalue weighted by molar-refractivity contribution is 0.669. The molecule has 0 aliphatic heterocycles. The van der Waals surface area contributed by atoms with Crippen molar-refractivity contribution in [2.75, 3.05) is 0 Å². The summed E-state index contributed by atoms with van der Waals surface area (Å²) < 4.78 is -0.591. The first-order valence-electron chi connectivity index (χ1n) is 45.3. The zero-order chi connectivity index (χ0) is 100. The lowest BCUT2D eigenvalue weighted by Crippen LogP contribution is -2.24. The van der Waals surface area contributed by atoms with E-state index in [9.17, 15) is 0 Å². The summed E-state index contributed by atoms with van der Waals surface area (Å²) in [5.41, 5.74) is 20.2. The molecule has 0 spiro atoms. The van der Waals surface area contributed by atoms with Gasteiger partial charge >= 0.3 is 0 Å². The van der Waals surface area contributed by atoms with Crippen molar-refractivity contribution in [1.82, 2.24) is 0 Å². The van der Waals surface area contributed by atoms with E-state index in [1.54, 1.807) is 30.6 Å².